The number of nitrogens with zero attached hydrogens (tertiary/aromatic N) is 1. The van der Waals surface area contributed by atoms with Gasteiger partial charge in [0.25, 0.3) is 0 Å². The van der Waals surface area contributed by atoms with Gasteiger partial charge in [0.2, 0.25) is 0 Å². The highest BCUT2D eigenvalue weighted by atomic mass is 16.5. The number of hydrogen-bond acceptors (Lipinski definition) is 3. The Balaban J connectivity index is 2.07. The number of benzene rings is 1. The zero-order chi connectivity index (χ0) is 13.0. The van der Waals surface area contributed by atoms with Crippen molar-refractivity contribution in [2.24, 2.45) is 0 Å². The lowest BCUT2D eigenvalue weighted by atomic mass is 9.86. The molecule has 1 atom stereocenters. The first-order valence-corrected chi connectivity index (χ1v) is 6.73. The minimum Gasteiger partial charge on any atom is -0.508 e. The largest absolute Gasteiger partial charge is 0.508 e. The summed E-state index contributed by atoms with van der Waals surface area (Å²) in [6, 6.07) is 6.30. The average molecular weight is 249 g/mol. The van der Waals surface area contributed by atoms with Crippen molar-refractivity contribution in [2.75, 3.05) is 27.3 Å². The van der Waals surface area contributed by atoms with Gasteiger partial charge in [-0.05, 0) is 56.0 Å². The number of fused-ring (bicyclic) bond motifs is 1. The van der Waals surface area contributed by atoms with Gasteiger partial charge in [0.05, 0.1) is 0 Å². The van der Waals surface area contributed by atoms with E-state index in [1.54, 1.807) is 13.2 Å². The molecule has 0 saturated heterocycles. The van der Waals surface area contributed by atoms with E-state index in [-0.39, 0.29) is 0 Å². The van der Waals surface area contributed by atoms with Crippen molar-refractivity contribution in [1.82, 2.24) is 4.90 Å². The molecule has 1 N–H and O–H groups in total. The third-order valence-electron chi connectivity index (χ3n) is 3.80. The molecule has 3 nitrogen and oxygen atoms in total. The van der Waals surface area contributed by atoms with Gasteiger partial charge in [-0.15, -0.1) is 0 Å². The maximum atomic E-state index is 9.56. The number of aryl methyl sites for hydroxylation is 1. The Morgan fingerprint density at radius 3 is 3.06 bits per heavy atom. The third kappa shape index (κ3) is 3.03. The van der Waals surface area contributed by atoms with Crippen LogP contribution in [0.2, 0.25) is 0 Å². The molecule has 1 aromatic carbocycles. The molecule has 1 aliphatic rings. The van der Waals surface area contributed by atoms with Gasteiger partial charge in [0.15, 0.2) is 0 Å². The first-order chi connectivity index (χ1) is 8.72. The summed E-state index contributed by atoms with van der Waals surface area (Å²) in [5.74, 6) is 0.386. The van der Waals surface area contributed by atoms with E-state index in [0.29, 0.717) is 11.8 Å². The highest BCUT2D eigenvalue weighted by molar-refractivity contribution is 5.38. The summed E-state index contributed by atoms with van der Waals surface area (Å²) in [5.41, 5.74) is 2.70. The second-order valence-electron chi connectivity index (χ2n) is 5.12. The van der Waals surface area contributed by atoms with Gasteiger partial charge in [0.1, 0.15) is 5.75 Å². The molecule has 2 rings (SSSR count). The van der Waals surface area contributed by atoms with Crippen LogP contribution in [0.25, 0.3) is 0 Å². The van der Waals surface area contributed by atoms with E-state index in [0.717, 1.165) is 26.0 Å². The second-order valence-corrected chi connectivity index (χ2v) is 5.12. The molecule has 0 saturated carbocycles. The van der Waals surface area contributed by atoms with Gasteiger partial charge in [-0.25, -0.2) is 0 Å². The van der Waals surface area contributed by atoms with E-state index < -0.39 is 0 Å². The second kappa shape index (κ2) is 6.21. The lowest BCUT2D eigenvalue weighted by Crippen LogP contribution is -2.29. The number of ether oxygens (including phenoxy) is 1. The van der Waals surface area contributed by atoms with Gasteiger partial charge in [-0.1, -0.05) is 6.07 Å². The Hall–Kier alpha value is -1.06. The Morgan fingerprint density at radius 1 is 1.44 bits per heavy atom. The van der Waals surface area contributed by atoms with Crippen LogP contribution < -0.4 is 0 Å². The molecule has 18 heavy (non-hydrogen) atoms. The maximum Gasteiger partial charge on any atom is 0.115 e. The molecule has 1 unspecified atom stereocenters. The van der Waals surface area contributed by atoms with E-state index in [4.69, 9.17) is 4.74 Å². The van der Waals surface area contributed by atoms with Crippen LogP contribution in [0.4, 0.5) is 0 Å². The smallest absolute Gasteiger partial charge is 0.115 e. The van der Waals surface area contributed by atoms with Crippen molar-refractivity contribution in [3.63, 3.8) is 0 Å². The average Bonchev–Trinajstić information content (AvgIpc) is 2.37. The molecule has 1 aromatic rings. The van der Waals surface area contributed by atoms with Crippen LogP contribution in [0.3, 0.4) is 0 Å². The number of hydrogen-bond donors (Lipinski definition) is 1. The van der Waals surface area contributed by atoms with Crippen molar-refractivity contribution >= 4 is 0 Å². The molecule has 0 fully saturated rings. The first-order valence-electron chi connectivity index (χ1n) is 6.73. The Morgan fingerprint density at radius 2 is 2.28 bits per heavy atom. The molecule has 0 spiro atoms. The zero-order valence-electron chi connectivity index (χ0n) is 11.4. The van der Waals surface area contributed by atoms with E-state index in [9.17, 15) is 5.11 Å². The fourth-order valence-corrected chi connectivity index (χ4v) is 2.85. The summed E-state index contributed by atoms with van der Waals surface area (Å²) in [6.07, 6.45) is 4.57. The molecule has 3 heteroatoms. The van der Waals surface area contributed by atoms with Crippen LogP contribution >= 0.6 is 0 Å². The van der Waals surface area contributed by atoms with Gasteiger partial charge >= 0.3 is 0 Å². The minimum absolute atomic E-state index is 0.386. The number of rotatable bonds is 5. The van der Waals surface area contributed by atoms with Crippen LogP contribution in [-0.2, 0) is 11.2 Å². The molecular formula is C15H23NO2. The van der Waals surface area contributed by atoms with Gasteiger partial charge < -0.3 is 9.84 Å². The fourth-order valence-electron chi connectivity index (χ4n) is 2.85. The topological polar surface area (TPSA) is 32.7 Å². The van der Waals surface area contributed by atoms with E-state index >= 15 is 0 Å². The lowest BCUT2D eigenvalue weighted by Gasteiger charge is -2.33. The highest BCUT2D eigenvalue weighted by Crippen LogP contribution is 2.35. The predicted molar refractivity (Wildman–Crippen MR) is 72.9 cm³/mol. The van der Waals surface area contributed by atoms with E-state index in [1.165, 1.54) is 24.0 Å². The van der Waals surface area contributed by atoms with Crippen molar-refractivity contribution in [1.29, 1.82) is 0 Å². The fraction of sp³-hybridized carbons (Fsp3) is 0.600. The Kier molecular flexibility index (Phi) is 4.61. The maximum absolute atomic E-state index is 9.56. The molecular weight excluding hydrogens is 226 g/mol. The molecule has 0 heterocycles. The molecule has 0 aliphatic heterocycles. The van der Waals surface area contributed by atoms with Crippen LogP contribution in [-0.4, -0.2) is 37.3 Å². The molecule has 0 bridgehead atoms. The van der Waals surface area contributed by atoms with Gasteiger partial charge in [0, 0.05) is 26.3 Å². The van der Waals surface area contributed by atoms with Crippen molar-refractivity contribution < 1.29 is 9.84 Å². The van der Waals surface area contributed by atoms with Crippen LogP contribution in [0.15, 0.2) is 18.2 Å². The number of methoxy groups -OCH3 is 1. The Labute approximate surface area is 109 Å². The molecule has 1 aliphatic carbocycles. The molecule has 0 aromatic heterocycles. The highest BCUT2D eigenvalue weighted by Gasteiger charge is 2.23. The predicted octanol–water partition coefficient (Wildman–Crippen LogP) is 2.74. The normalized spacial score (nSPS) is 18.9. The molecule has 0 amide bonds. The third-order valence-corrected chi connectivity index (χ3v) is 3.80. The monoisotopic (exact) mass is 249 g/mol. The summed E-state index contributed by atoms with van der Waals surface area (Å²) in [7, 11) is 3.93. The van der Waals surface area contributed by atoms with Crippen LogP contribution in [0.5, 0.6) is 5.75 Å². The lowest BCUT2D eigenvalue weighted by molar-refractivity contribution is 0.159. The zero-order valence-corrected chi connectivity index (χ0v) is 11.4. The minimum atomic E-state index is 0.386. The van der Waals surface area contributed by atoms with Gasteiger partial charge in [-0.3, -0.25) is 4.90 Å². The summed E-state index contributed by atoms with van der Waals surface area (Å²) in [4.78, 5) is 2.41. The standard InChI is InChI=1S/C15H23NO2/c1-16(9-4-10-18-2)15-6-3-5-12-11-13(17)7-8-14(12)15/h7-8,11,15,17H,3-6,9-10H2,1-2H3. The quantitative estimate of drug-likeness (QED) is 0.814. The number of phenols is 1. The first kappa shape index (κ1) is 13.4. The molecule has 0 radical (unpaired) electrons. The summed E-state index contributed by atoms with van der Waals surface area (Å²) in [6.45, 7) is 1.87. The van der Waals surface area contributed by atoms with E-state index in [2.05, 4.69) is 18.0 Å². The Bertz CT molecular complexity index is 392. The number of aromatic hydroxyl groups is 1. The van der Waals surface area contributed by atoms with Crippen LogP contribution in [0.1, 0.15) is 36.4 Å². The van der Waals surface area contributed by atoms with Crippen molar-refractivity contribution in [2.45, 2.75) is 31.7 Å². The number of phenolic OH excluding ortho intramolecular Hbond substituents is 1. The van der Waals surface area contributed by atoms with E-state index in [1.807, 2.05) is 6.07 Å². The summed E-state index contributed by atoms with van der Waals surface area (Å²) >= 11 is 0. The van der Waals surface area contributed by atoms with Crippen molar-refractivity contribution in [3.8, 4) is 5.75 Å². The SMILES string of the molecule is COCCCN(C)C1CCCc2cc(O)ccc21. The summed E-state index contributed by atoms with van der Waals surface area (Å²) < 4.78 is 5.11. The molecule has 100 valence electrons. The summed E-state index contributed by atoms with van der Waals surface area (Å²) in [5, 5.41) is 9.56. The van der Waals surface area contributed by atoms with Crippen LogP contribution in [0, 0.1) is 0 Å². The van der Waals surface area contributed by atoms with Gasteiger partial charge in [-0.2, -0.15) is 0 Å². The van der Waals surface area contributed by atoms with Crippen molar-refractivity contribution in [3.05, 3.63) is 29.3 Å².